The predicted octanol–water partition coefficient (Wildman–Crippen LogP) is 5.29. The van der Waals surface area contributed by atoms with Crippen LogP contribution in [-0.4, -0.2) is 18.5 Å². The minimum absolute atomic E-state index is 0.942. The fourth-order valence-corrected chi connectivity index (χ4v) is 2.93. The van der Waals surface area contributed by atoms with Gasteiger partial charge in [-0.2, -0.15) is 0 Å². The zero-order chi connectivity index (χ0) is 16.1. The second-order valence-electron chi connectivity index (χ2n) is 6.15. The largest absolute Gasteiger partial charge is 0.298 e. The Morgan fingerprint density at radius 2 is 1.70 bits per heavy atom. The van der Waals surface area contributed by atoms with E-state index in [1.807, 2.05) is 0 Å². The van der Waals surface area contributed by atoms with Gasteiger partial charge in [-0.3, -0.25) is 4.90 Å². The van der Waals surface area contributed by atoms with Gasteiger partial charge in [0.25, 0.3) is 0 Å². The molecule has 1 nitrogen and oxygen atoms in total. The first kappa shape index (κ1) is 15.5. The molecule has 3 rings (SSSR count). The molecule has 0 amide bonds. The summed E-state index contributed by atoms with van der Waals surface area (Å²) in [6.45, 7) is 4.03. The maximum absolute atomic E-state index is 2.34. The lowest BCUT2D eigenvalue weighted by Gasteiger charge is -2.16. The van der Waals surface area contributed by atoms with E-state index in [9.17, 15) is 0 Å². The van der Waals surface area contributed by atoms with E-state index < -0.39 is 0 Å². The van der Waals surface area contributed by atoms with Crippen LogP contribution in [0.3, 0.4) is 0 Å². The fraction of sp³-hybridized carbons (Fsp3) is 0.182. The van der Waals surface area contributed by atoms with Gasteiger partial charge in [0.1, 0.15) is 0 Å². The predicted molar refractivity (Wildman–Crippen MR) is 100 cm³/mol. The molecule has 0 atom stereocenters. The van der Waals surface area contributed by atoms with Crippen molar-refractivity contribution in [2.45, 2.75) is 13.5 Å². The molecule has 0 heterocycles. The lowest BCUT2D eigenvalue weighted by Crippen LogP contribution is -2.17. The van der Waals surface area contributed by atoms with Gasteiger partial charge in [0.2, 0.25) is 0 Å². The molecule has 116 valence electrons. The van der Waals surface area contributed by atoms with Gasteiger partial charge in [-0.05, 0) is 35.9 Å². The molecule has 1 heteroatoms. The van der Waals surface area contributed by atoms with Gasteiger partial charge in [0.15, 0.2) is 0 Å². The molecule has 0 unspecified atom stereocenters. The Bertz CT molecular complexity index is 812. The number of nitrogens with zero attached hydrogens (tertiary/aromatic N) is 1. The highest BCUT2D eigenvalue weighted by Gasteiger charge is 2.03. The average Bonchev–Trinajstić information content (AvgIpc) is 2.55. The number of hydrogen-bond acceptors (Lipinski definition) is 1. The number of fused-ring (bicyclic) bond motifs is 1. The van der Waals surface area contributed by atoms with Crippen LogP contribution in [0.5, 0.6) is 0 Å². The van der Waals surface area contributed by atoms with Gasteiger partial charge in [-0.15, -0.1) is 0 Å². The zero-order valence-electron chi connectivity index (χ0n) is 13.9. The Morgan fingerprint density at radius 1 is 0.913 bits per heavy atom. The van der Waals surface area contributed by atoms with Crippen LogP contribution in [0.1, 0.15) is 16.7 Å². The van der Waals surface area contributed by atoms with E-state index in [0.29, 0.717) is 0 Å². The molecule has 0 aromatic heterocycles. The van der Waals surface area contributed by atoms with E-state index in [1.54, 1.807) is 0 Å². The van der Waals surface area contributed by atoms with Crippen LogP contribution in [0, 0.1) is 6.92 Å². The quantitative estimate of drug-likeness (QED) is 0.618. The van der Waals surface area contributed by atoms with Crippen molar-refractivity contribution in [3.05, 3.63) is 89.5 Å². The highest BCUT2D eigenvalue weighted by Crippen LogP contribution is 2.19. The van der Waals surface area contributed by atoms with Crippen molar-refractivity contribution >= 4 is 16.8 Å². The molecule has 0 saturated carbocycles. The smallest absolute Gasteiger partial charge is 0.0240 e. The Labute approximate surface area is 138 Å². The second-order valence-corrected chi connectivity index (χ2v) is 6.15. The first-order chi connectivity index (χ1) is 11.2. The third kappa shape index (κ3) is 4.08. The molecule has 0 bridgehead atoms. The summed E-state index contributed by atoms with van der Waals surface area (Å²) in [7, 11) is 2.17. The van der Waals surface area contributed by atoms with Gasteiger partial charge in [0.05, 0.1) is 0 Å². The van der Waals surface area contributed by atoms with Gasteiger partial charge >= 0.3 is 0 Å². The number of hydrogen-bond donors (Lipinski definition) is 0. The molecular formula is C22H23N. The summed E-state index contributed by atoms with van der Waals surface area (Å²) in [5.41, 5.74) is 3.95. The molecule has 0 saturated heterocycles. The Morgan fingerprint density at radius 3 is 2.57 bits per heavy atom. The monoisotopic (exact) mass is 301 g/mol. The average molecular weight is 301 g/mol. The Kier molecular flexibility index (Phi) is 4.89. The summed E-state index contributed by atoms with van der Waals surface area (Å²) in [6, 6.07) is 23.7. The SMILES string of the molecule is Cc1cccc(/C=C/CN(C)Cc2cccc3ccccc23)c1. The normalized spacial score (nSPS) is 11.6. The van der Waals surface area contributed by atoms with Crippen LogP contribution in [0.15, 0.2) is 72.8 Å². The molecule has 0 fully saturated rings. The van der Waals surface area contributed by atoms with Gasteiger partial charge < -0.3 is 0 Å². The molecular weight excluding hydrogens is 278 g/mol. The summed E-state index contributed by atoms with van der Waals surface area (Å²) in [5.74, 6) is 0. The highest BCUT2D eigenvalue weighted by molar-refractivity contribution is 5.85. The number of aryl methyl sites for hydroxylation is 1. The van der Waals surface area contributed by atoms with Crippen molar-refractivity contribution in [3.63, 3.8) is 0 Å². The van der Waals surface area contributed by atoms with Crippen LogP contribution >= 0.6 is 0 Å². The van der Waals surface area contributed by atoms with E-state index in [1.165, 1.54) is 27.5 Å². The van der Waals surface area contributed by atoms with Crippen LogP contribution in [0.2, 0.25) is 0 Å². The lowest BCUT2D eigenvalue weighted by molar-refractivity contribution is 0.365. The first-order valence-corrected chi connectivity index (χ1v) is 8.11. The van der Waals surface area contributed by atoms with Crippen LogP contribution in [-0.2, 0) is 6.54 Å². The van der Waals surface area contributed by atoms with Gasteiger partial charge in [-0.1, -0.05) is 84.4 Å². The molecule has 0 radical (unpaired) electrons. The molecule has 23 heavy (non-hydrogen) atoms. The number of rotatable bonds is 5. The molecule has 3 aromatic carbocycles. The van der Waals surface area contributed by atoms with E-state index in [2.05, 4.69) is 97.8 Å². The van der Waals surface area contributed by atoms with Crippen molar-refractivity contribution in [1.82, 2.24) is 4.90 Å². The molecule has 0 aliphatic carbocycles. The summed E-state index contributed by atoms with van der Waals surface area (Å²) in [6.07, 6.45) is 4.44. The van der Waals surface area contributed by atoms with Crippen LogP contribution < -0.4 is 0 Å². The molecule has 0 spiro atoms. The first-order valence-electron chi connectivity index (χ1n) is 8.11. The van der Waals surface area contributed by atoms with Crippen molar-refractivity contribution in [1.29, 1.82) is 0 Å². The second kappa shape index (κ2) is 7.26. The van der Waals surface area contributed by atoms with Crippen molar-refractivity contribution < 1.29 is 0 Å². The summed E-state index contributed by atoms with van der Waals surface area (Å²) in [4.78, 5) is 2.34. The Hall–Kier alpha value is -2.38. The van der Waals surface area contributed by atoms with Crippen molar-refractivity contribution in [2.75, 3.05) is 13.6 Å². The number of benzene rings is 3. The van der Waals surface area contributed by atoms with E-state index in [-0.39, 0.29) is 0 Å². The third-order valence-corrected chi connectivity index (χ3v) is 4.09. The molecule has 0 aliphatic rings. The Balaban J connectivity index is 1.66. The minimum atomic E-state index is 0.942. The standard InChI is InChI=1S/C22H23N/c1-18-8-5-9-19(16-18)10-7-15-23(2)17-21-13-6-12-20-11-3-4-14-22(20)21/h3-14,16H,15,17H2,1-2H3/b10-7+. The van der Waals surface area contributed by atoms with Gasteiger partial charge in [-0.25, -0.2) is 0 Å². The molecule has 0 N–H and O–H groups in total. The van der Waals surface area contributed by atoms with Crippen LogP contribution in [0.25, 0.3) is 16.8 Å². The fourth-order valence-electron chi connectivity index (χ4n) is 2.93. The lowest BCUT2D eigenvalue weighted by atomic mass is 10.0. The topological polar surface area (TPSA) is 3.24 Å². The number of likely N-dealkylation sites (N-methyl/N-ethyl adjacent to an activating group) is 1. The van der Waals surface area contributed by atoms with Crippen molar-refractivity contribution in [2.24, 2.45) is 0 Å². The van der Waals surface area contributed by atoms with Crippen molar-refractivity contribution in [3.8, 4) is 0 Å². The van der Waals surface area contributed by atoms with E-state index >= 15 is 0 Å². The van der Waals surface area contributed by atoms with Gasteiger partial charge in [0, 0.05) is 13.1 Å². The maximum atomic E-state index is 2.34. The maximum Gasteiger partial charge on any atom is 0.0240 e. The minimum Gasteiger partial charge on any atom is -0.298 e. The summed E-state index contributed by atoms with van der Waals surface area (Å²) >= 11 is 0. The zero-order valence-corrected chi connectivity index (χ0v) is 13.9. The third-order valence-electron chi connectivity index (χ3n) is 4.09. The van der Waals surface area contributed by atoms with Crippen LogP contribution in [0.4, 0.5) is 0 Å². The van der Waals surface area contributed by atoms with E-state index in [0.717, 1.165) is 13.1 Å². The van der Waals surface area contributed by atoms with E-state index in [4.69, 9.17) is 0 Å². The summed E-state index contributed by atoms with van der Waals surface area (Å²) < 4.78 is 0. The molecule has 3 aromatic rings. The summed E-state index contributed by atoms with van der Waals surface area (Å²) in [5, 5.41) is 2.67. The highest BCUT2D eigenvalue weighted by atomic mass is 15.1. The molecule has 0 aliphatic heterocycles.